The van der Waals surface area contributed by atoms with E-state index in [2.05, 4.69) is 25.2 Å². The number of amides is 1. The van der Waals surface area contributed by atoms with Gasteiger partial charge in [0.1, 0.15) is 5.75 Å². The molecule has 2 aromatic heterocycles. The molecular formula is C17H13F3N4O3. The van der Waals surface area contributed by atoms with Crippen LogP contribution in [0.4, 0.5) is 18.9 Å². The van der Waals surface area contributed by atoms with Crippen LogP contribution >= 0.6 is 0 Å². The first-order valence-electron chi connectivity index (χ1n) is 7.78. The molecule has 0 fully saturated rings. The number of nitrogens with zero attached hydrogens (tertiary/aromatic N) is 3. The highest BCUT2D eigenvalue weighted by atomic mass is 19.4. The highest BCUT2D eigenvalue weighted by Gasteiger charge is 2.30. The monoisotopic (exact) mass is 378 g/mol. The van der Waals surface area contributed by atoms with Crippen LogP contribution in [0.3, 0.4) is 0 Å². The van der Waals surface area contributed by atoms with E-state index in [-0.39, 0.29) is 24.5 Å². The second kappa shape index (κ2) is 7.85. The maximum atomic E-state index is 12.1. The van der Waals surface area contributed by atoms with Crippen molar-refractivity contribution in [3.63, 3.8) is 0 Å². The van der Waals surface area contributed by atoms with Crippen molar-refractivity contribution >= 4 is 11.6 Å². The average Bonchev–Trinajstić information content (AvgIpc) is 3.10. The lowest BCUT2D eigenvalue weighted by molar-refractivity contribution is -0.274. The second-order valence-corrected chi connectivity index (χ2v) is 5.37. The minimum atomic E-state index is -4.76. The molecule has 0 atom stereocenters. The maximum Gasteiger partial charge on any atom is 0.573 e. The van der Waals surface area contributed by atoms with E-state index in [1.54, 1.807) is 24.5 Å². The average molecular weight is 378 g/mol. The summed E-state index contributed by atoms with van der Waals surface area (Å²) in [6.07, 6.45) is -1.27. The summed E-state index contributed by atoms with van der Waals surface area (Å²) in [5, 5.41) is 6.40. The summed E-state index contributed by atoms with van der Waals surface area (Å²) in [6, 6.07) is 8.31. The Hall–Kier alpha value is -3.43. The van der Waals surface area contributed by atoms with Crippen LogP contribution in [0.1, 0.15) is 12.3 Å². The molecule has 0 spiro atoms. The van der Waals surface area contributed by atoms with Gasteiger partial charge in [0.2, 0.25) is 17.6 Å². The Kier molecular flexibility index (Phi) is 5.34. The van der Waals surface area contributed by atoms with Gasteiger partial charge in [-0.05, 0) is 36.4 Å². The van der Waals surface area contributed by atoms with Crippen molar-refractivity contribution in [3.8, 4) is 17.1 Å². The van der Waals surface area contributed by atoms with Gasteiger partial charge in [-0.15, -0.1) is 13.2 Å². The largest absolute Gasteiger partial charge is 0.573 e. The van der Waals surface area contributed by atoms with Crippen molar-refractivity contribution in [2.75, 3.05) is 5.32 Å². The third-order valence-corrected chi connectivity index (χ3v) is 3.34. The molecule has 3 rings (SSSR count). The lowest BCUT2D eigenvalue weighted by Gasteiger charge is -2.09. The predicted octanol–water partition coefficient (Wildman–Crippen LogP) is 3.60. The molecule has 0 aliphatic rings. The molecule has 1 amide bonds. The van der Waals surface area contributed by atoms with Crippen LogP contribution in [0, 0.1) is 0 Å². The van der Waals surface area contributed by atoms with E-state index in [1.165, 1.54) is 12.1 Å². The number of alkyl halides is 3. The van der Waals surface area contributed by atoms with Gasteiger partial charge < -0.3 is 14.6 Å². The molecule has 1 N–H and O–H groups in total. The van der Waals surface area contributed by atoms with E-state index in [0.717, 1.165) is 17.7 Å². The van der Waals surface area contributed by atoms with Gasteiger partial charge in [-0.3, -0.25) is 9.78 Å². The molecule has 0 saturated carbocycles. The number of ether oxygens (including phenoxy) is 1. The van der Waals surface area contributed by atoms with E-state index < -0.39 is 6.36 Å². The first-order chi connectivity index (χ1) is 12.9. The van der Waals surface area contributed by atoms with Crippen molar-refractivity contribution in [2.24, 2.45) is 0 Å². The summed E-state index contributed by atoms with van der Waals surface area (Å²) < 4.78 is 45.2. The van der Waals surface area contributed by atoms with Gasteiger partial charge in [-0.2, -0.15) is 4.98 Å². The third-order valence-electron chi connectivity index (χ3n) is 3.34. The summed E-state index contributed by atoms with van der Waals surface area (Å²) in [6.45, 7) is 0. The summed E-state index contributed by atoms with van der Waals surface area (Å²) >= 11 is 0. The van der Waals surface area contributed by atoms with Crippen molar-refractivity contribution in [2.45, 2.75) is 19.2 Å². The van der Waals surface area contributed by atoms with E-state index in [9.17, 15) is 18.0 Å². The molecule has 27 heavy (non-hydrogen) atoms. The van der Waals surface area contributed by atoms with Crippen LogP contribution in [0.25, 0.3) is 11.4 Å². The van der Waals surface area contributed by atoms with Crippen LogP contribution in [0.15, 0.2) is 53.3 Å². The number of carbonyl (C=O) groups is 1. The van der Waals surface area contributed by atoms with Gasteiger partial charge in [-0.1, -0.05) is 5.16 Å². The minimum Gasteiger partial charge on any atom is -0.406 e. The van der Waals surface area contributed by atoms with Gasteiger partial charge in [0.25, 0.3) is 0 Å². The zero-order valence-electron chi connectivity index (χ0n) is 13.7. The molecule has 0 aliphatic carbocycles. The number of rotatable bonds is 6. The number of anilines is 1. The SMILES string of the molecule is O=C(CCc1nc(-c2ccncc2)no1)Nc1ccc(OC(F)(F)F)cc1. The summed E-state index contributed by atoms with van der Waals surface area (Å²) in [5.74, 6) is -0.0166. The number of hydrogen-bond acceptors (Lipinski definition) is 6. The van der Waals surface area contributed by atoms with Crippen LogP contribution in [0.5, 0.6) is 5.75 Å². The van der Waals surface area contributed by atoms with Crippen molar-refractivity contribution in [1.82, 2.24) is 15.1 Å². The molecule has 7 nitrogen and oxygen atoms in total. The van der Waals surface area contributed by atoms with Crippen LogP contribution in [-0.2, 0) is 11.2 Å². The van der Waals surface area contributed by atoms with Gasteiger partial charge in [0.05, 0.1) is 0 Å². The predicted molar refractivity (Wildman–Crippen MR) is 87.6 cm³/mol. The van der Waals surface area contributed by atoms with Crippen molar-refractivity contribution in [3.05, 3.63) is 54.7 Å². The van der Waals surface area contributed by atoms with E-state index in [1.807, 2.05) is 0 Å². The van der Waals surface area contributed by atoms with Crippen molar-refractivity contribution in [1.29, 1.82) is 0 Å². The molecule has 140 valence electrons. The summed E-state index contributed by atoms with van der Waals surface area (Å²) in [7, 11) is 0. The van der Waals surface area contributed by atoms with Crippen molar-refractivity contribution < 1.29 is 27.2 Å². The van der Waals surface area contributed by atoms with Crippen LogP contribution in [-0.4, -0.2) is 27.4 Å². The highest BCUT2D eigenvalue weighted by molar-refractivity contribution is 5.90. The Morgan fingerprint density at radius 2 is 1.81 bits per heavy atom. The summed E-state index contributed by atoms with van der Waals surface area (Å²) in [4.78, 5) is 20.0. The zero-order valence-corrected chi connectivity index (χ0v) is 13.7. The van der Waals surface area contributed by atoms with Crippen LogP contribution < -0.4 is 10.1 Å². The number of aryl methyl sites for hydroxylation is 1. The zero-order chi connectivity index (χ0) is 19.3. The Morgan fingerprint density at radius 3 is 2.48 bits per heavy atom. The Morgan fingerprint density at radius 1 is 1.11 bits per heavy atom. The fourth-order valence-electron chi connectivity index (χ4n) is 2.16. The minimum absolute atomic E-state index is 0.0682. The number of carbonyl (C=O) groups excluding carboxylic acids is 1. The first-order valence-corrected chi connectivity index (χ1v) is 7.78. The smallest absolute Gasteiger partial charge is 0.406 e. The molecular weight excluding hydrogens is 365 g/mol. The number of aromatic nitrogens is 3. The number of nitrogens with one attached hydrogen (secondary N) is 1. The topological polar surface area (TPSA) is 90.1 Å². The Balaban J connectivity index is 1.51. The van der Waals surface area contributed by atoms with E-state index in [4.69, 9.17) is 4.52 Å². The van der Waals surface area contributed by atoms with E-state index >= 15 is 0 Å². The van der Waals surface area contributed by atoms with E-state index in [0.29, 0.717) is 17.4 Å². The standard InChI is InChI=1S/C17H13F3N4O3/c18-17(19,20)26-13-3-1-12(2-4-13)22-14(25)5-6-15-23-16(24-27-15)11-7-9-21-10-8-11/h1-4,7-10H,5-6H2,(H,22,25). The Labute approximate surface area is 151 Å². The number of benzene rings is 1. The van der Waals surface area contributed by atoms with Crippen LogP contribution in [0.2, 0.25) is 0 Å². The number of pyridine rings is 1. The second-order valence-electron chi connectivity index (χ2n) is 5.37. The number of halogens is 3. The first kappa shape index (κ1) is 18.4. The quantitative estimate of drug-likeness (QED) is 0.705. The highest BCUT2D eigenvalue weighted by Crippen LogP contribution is 2.24. The van der Waals surface area contributed by atoms with Gasteiger partial charge in [0.15, 0.2) is 0 Å². The molecule has 0 unspecified atom stereocenters. The van der Waals surface area contributed by atoms with Gasteiger partial charge in [-0.25, -0.2) is 0 Å². The molecule has 3 aromatic rings. The Bertz CT molecular complexity index is 896. The normalized spacial score (nSPS) is 11.2. The van der Waals surface area contributed by atoms with Gasteiger partial charge in [0, 0.05) is 36.5 Å². The molecule has 0 radical (unpaired) electrons. The molecule has 10 heteroatoms. The molecule has 0 aliphatic heterocycles. The van der Waals surface area contributed by atoms with Gasteiger partial charge >= 0.3 is 6.36 Å². The lowest BCUT2D eigenvalue weighted by atomic mass is 10.2. The fraction of sp³-hybridized carbons (Fsp3) is 0.176. The fourth-order valence-corrected chi connectivity index (χ4v) is 2.16. The summed E-state index contributed by atoms with van der Waals surface area (Å²) in [5.41, 5.74) is 1.09. The molecule has 1 aromatic carbocycles. The number of hydrogen-bond donors (Lipinski definition) is 1. The maximum absolute atomic E-state index is 12.1. The molecule has 2 heterocycles. The molecule has 0 saturated heterocycles. The third kappa shape index (κ3) is 5.53. The molecule has 0 bridgehead atoms. The lowest BCUT2D eigenvalue weighted by Crippen LogP contribution is -2.17.